The number of carbonyl (C=O) groups is 1. The molecule has 2 aromatic carbocycles. The minimum absolute atomic E-state index is 0.109. The molecule has 1 amide bonds. The van der Waals surface area contributed by atoms with Gasteiger partial charge in [0.2, 0.25) is 15.9 Å². The monoisotopic (exact) mass is 418 g/mol. The van der Waals surface area contributed by atoms with Crippen molar-refractivity contribution in [3.8, 4) is 0 Å². The van der Waals surface area contributed by atoms with E-state index in [2.05, 4.69) is 5.32 Å². The van der Waals surface area contributed by atoms with Crippen LogP contribution in [0.5, 0.6) is 0 Å². The molecule has 1 aliphatic rings. The second kappa shape index (κ2) is 9.37. The quantitative estimate of drug-likeness (QED) is 0.777. The molecular weight excluding hydrogens is 396 g/mol. The van der Waals surface area contributed by atoms with Crippen LogP contribution in [0.25, 0.3) is 6.08 Å². The number of benzene rings is 2. The highest BCUT2D eigenvalue weighted by Gasteiger charge is 2.35. The lowest BCUT2D eigenvalue weighted by atomic mass is 10.1. The van der Waals surface area contributed by atoms with Gasteiger partial charge in [0.05, 0.1) is 4.90 Å². The van der Waals surface area contributed by atoms with Crippen LogP contribution in [-0.4, -0.2) is 37.8 Å². The van der Waals surface area contributed by atoms with Gasteiger partial charge in [0.1, 0.15) is 6.04 Å². The van der Waals surface area contributed by atoms with Gasteiger partial charge in [-0.15, -0.1) is 0 Å². The van der Waals surface area contributed by atoms with Crippen LogP contribution in [0.3, 0.4) is 0 Å². The number of amides is 1. The van der Waals surface area contributed by atoms with Crippen LogP contribution in [0, 0.1) is 0 Å². The first-order valence-corrected chi connectivity index (χ1v) is 11.1. The van der Waals surface area contributed by atoms with Crippen molar-refractivity contribution in [1.29, 1.82) is 0 Å². The van der Waals surface area contributed by atoms with Crippen molar-refractivity contribution in [1.82, 2.24) is 9.62 Å². The smallest absolute Gasteiger partial charge is 0.244 e. The number of sulfonamides is 1. The Labute approximate surface area is 171 Å². The highest BCUT2D eigenvalue weighted by Crippen LogP contribution is 2.24. The van der Waals surface area contributed by atoms with Crippen LogP contribution in [0.15, 0.2) is 65.6 Å². The van der Waals surface area contributed by atoms with Gasteiger partial charge in [0, 0.05) is 18.1 Å². The molecule has 0 bridgehead atoms. The highest BCUT2D eigenvalue weighted by atomic mass is 35.5. The third-order valence-electron chi connectivity index (χ3n) is 4.67. The molecule has 0 spiro atoms. The molecule has 0 unspecified atom stereocenters. The zero-order valence-corrected chi connectivity index (χ0v) is 17.0. The highest BCUT2D eigenvalue weighted by molar-refractivity contribution is 7.89. The summed E-state index contributed by atoms with van der Waals surface area (Å²) in [6.07, 6.45) is 5.77. The lowest BCUT2D eigenvalue weighted by Crippen LogP contribution is -2.48. The van der Waals surface area contributed by atoms with Crippen molar-refractivity contribution >= 4 is 33.6 Å². The molecule has 0 saturated carbocycles. The van der Waals surface area contributed by atoms with Crippen molar-refractivity contribution in [2.75, 3.05) is 13.1 Å². The first kappa shape index (κ1) is 20.6. The van der Waals surface area contributed by atoms with Crippen molar-refractivity contribution in [2.45, 2.75) is 30.2 Å². The average molecular weight is 419 g/mol. The Hall–Kier alpha value is -2.15. The minimum atomic E-state index is -3.86. The molecule has 28 heavy (non-hydrogen) atoms. The Kier molecular flexibility index (Phi) is 6.88. The molecule has 1 atom stereocenters. The fraction of sp³-hybridized carbons (Fsp3) is 0.286. The van der Waals surface area contributed by atoms with Gasteiger partial charge in [-0.1, -0.05) is 54.1 Å². The standard InChI is InChI=1S/C21H23ClN2O3S/c22-18-11-13-19(14-12-18)28(26,27)24(20-10-4-5-15-23-21(20)25)16-6-9-17-7-2-1-3-8-17/h1-3,6-9,11-14,20H,4-5,10,15-16H2,(H,23,25)/b9-6+/t20-/m1/s1. The third-order valence-corrected chi connectivity index (χ3v) is 6.81. The molecule has 1 aliphatic heterocycles. The van der Waals surface area contributed by atoms with Crippen LogP contribution in [-0.2, 0) is 14.8 Å². The largest absolute Gasteiger partial charge is 0.355 e. The summed E-state index contributed by atoms with van der Waals surface area (Å²) in [6.45, 7) is 0.683. The Balaban J connectivity index is 1.92. The van der Waals surface area contributed by atoms with Crippen molar-refractivity contribution in [2.24, 2.45) is 0 Å². The average Bonchev–Trinajstić information content (AvgIpc) is 2.90. The zero-order chi connectivity index (χ0) is 20.0. The van der Waals surface area contributed by atoms with Gasteiger partial charge in [0.25, 0.3) is 0 Å². The zero-order valence-electron chi connectivity index (χ0n) is 15.4. The van der Waals surface area contributed by atoms with Crippen LogP contribution in [0.4, 0.5) is 0 Å². The second-order valence-electron chi connectivity index (χ2n) is 6.64. The first-order valence-electron chi connectivity index (χ1n) is 9.25. The van der Waals surface area contributed by atoms with Gasteiger partial charge in [-0.25, -0.2) is 8.42 Å². The molecule has 7 heteroatoms. The molecule has 1 N–H and O–H groups in total. The molecule has 1 saturated heterocycles. The van der Waals surface area contributed by atoms with E-state index in [9.17, 15) is 13.2 Å². The summed E-state index contributed by atoms with van der Waals surface area (Å²) in [6, 6.07) is 14.9. The molecular formula is C21H23ClN2O3S. The SMILES string of the molecule is O=C1NCCCC[C@H]1N(C/C=C/c1ccccc1)S(=O)(=O)c1ccc(Cl)cc1. The first-order chi connectivity index (χ1) is 13.5. The van der Waals surface area contributed by atoms with E-state index in [0.717, 1.165) is 18.4 Å². The molecule has 0 radical (unpaired) electrons. The summed E-state index contributed by atoms with van der Waals surface area (Å²) in [5, 5.41) is 3.29. The Morgan fingerprint density at radius 2 is 1.79 bits per heavy atom. The van der Waals surface area contributed by atoms with E-state index in [-0.39, 0.29) is 17.3 Å². The van der Waals surface area contributed by atoms with E-state index in [1.54, 1.807) is 18.2 Å². The summed E-state index contributed by atoms with van der Waals surface area (Å²) >= 11 is 5.90. The minimum Gasteiger partial charge on any atom is -0.355 e. The Morgan fingerprint density at radius 1 is 1.07 bits per heavy atom. The predicted molar refractivity (Wildman–Crippen MR) is 111 cm³/mol. The molecule has 2 aromatic rings. The number of hydrogen-bond donors (Lipinski definition) is 1. The van der Waals surface area contributed by atoms with E-state index < -0.39 is 16.1 Å². The second-order valence-corrected chi connectivity index (χ2v) is 8.97. The molecule has 148 valence electrons. The fourth-order valence-electron chi connectivity index (χ4n) is 3.19. The topological polar surface area (TPSA) is 66.5 Å². The van der Waals surface area contributed by atoms with Crippen LogP contribution in [0.2, 0.25) is 5.02 Å². The van der Waals surface area contributed by atoms with E-state index in [0.29, 0.717) is 18.0 Å². The summed E-state index contributed by atoms with van der Waals surface area (Å²) < 4.78 is 27.9. The number of hydrogen-bond acceptors (Lipinski definition) is 3. The third kappa shape index (κ3) is 5.01. The van der Waals surface area contributed by atoms with E-state index >= 15 is 0 Å². The van der Waals surface area contributed by atoms with E-state index in [1.807, 2.05) is 36.4 Å². The number of halogens is 1. The molecule has 3 rings (SSSR count). The molecule has 1 fully saturated rings. The van der Waals surface area contributed by atoms with Gasteiger partial charge >= 0.3 is 0 Å². The number of nitrogens with one attached hydrogen (secondary N) is 1. The van der Waals surface area contributed by atoms with Crippen LogP contribution in [0.1, 0.15) is 24.8 Å². The summed E-state index contributed by atoms with van der Waals surface area (Å²) in [5.74, 6) is -0.247. The van der Waals surface area contributed by atoms with Crippen molar-refractivity contribution < 1.29 is 13.2 Å². The Bertz CT molecular complexity index is 928. The number of rotatable bonds is 6. The summed E-state index contributed by atoms with van der Waals surface area (Å²) in [7, 11) is -3.86. The van der Waals surface area contributed by atoms with Crippen LogP contribution < -0.4 is 5.32 Å². The summed E-state index contributed by atoms with van der Waals surface area (Å²) in [5.41, 5.74) is 0.969. The molecule has 5 nitrogen and oxygen atoms in total. The molecule has 0 aromatic heterocycles. The number of carbonyl (C=O) groups excluding carboxylic acids is 1. The van der Waals surface area contributed by atoms with Gasteiger partial charge < -0.3 is 5.32 Å². The van der Waals surface area contributed by atoms with Crippen molar-refractivity contribution in [3.05, 3.63) is 71.3 Å². The predicted octanol–water partition coefficient (Wildman–Crippen LogP) is 3.71. The number of nitrogens with zero attached hydrogens (tertiary/aromatic N) is 1. The van der Waals surface area contributed by atoms with E-state index in [1.165, 1.54) is 16.4 Å². The molecule has 0 aliphatic carbocycles. The maximum absolute atomic E-state index is 13.3. The lowest BCUT2D eigenvalue weighted by molar-refractivity contribution is -0.124. The van der Waals surface area contributed by atoms with Gasteiger partial charge in [-0.05, 0) is 49.1 Å². The van der Waals surface area contributed by atoms with E-state index in [4.69, 9.17) is 11.6 Å². The van der Waals surface area contributed by atoms with Gasteiger partial charge in [-0.2, -0.15) is 4.31 Å². The van der Waals surface area contributed by atoms with Crippen LogP contribution >= 0.6 is 11.6 Å². The fourth-order valence-corrected chi connectivity index (χ4v) is 4.88. The maximum Gasteiger partial charge on any atom is 0.244 e. The van der Waals surface area contributed by atoms with Gasteiger partial charge in [-0.3, -0.25) is 4.79 Å². The normalized spacial score (nSPS) is 18.2. The lowest BCUT2D eigenvalue weighted by Gasteiger charge is -2.28. The summed E-state index contributed by atoms with van der Waals surface area (Å²) in [4.78, 5) is 12.7. The van der Waals surface area contributed by atoms with Gasteiger partial charge in [0.15, 0.2) is 0 Å². The molecule has 1 heterocycles. The Morgan fingerprint density at radius 3 is 2.50 bits per heavy atom. The maximum atomic E-state index is 13.3. The van der Waals surface area contributed by atoms with Crippen molar-refractivity contribution in [3.63, 3.8) is 0 Å².